The molecule has 1 atom stereocenters. The summed E-state index contributed by atoms with van der Waals surface area (Å²) in [6, 6.07) is 0. The zero-order valence-corrected chi connectivity index (χ0v) is 4.09. The third-order valence-corrected chi connectivity index (χ3v) is 0.672. The Balaban J connectivity index is 0. The average molecular weight is 128 g/mol. The van der Waals surface area contributed by atoms with Gasteiger partial charge in [0, 0.05) is 0 Å². The van der Waals surface area contributed by atoms with Crippen LogP contribution in [-0.2, 0) is 4.79 Å². The molecule has 44 valence electrons. The molecule has 0 saturated heterocycles. The first kappa shape index (κ1) is 11.3. The summed E-state index contributed by atoms with van der Waals surface area (Å²) in [5.41, 5.74) is 0. The van der Waals surface area contributed by atoms with Gasteiger partial charge in [0.25, 0.3) is 0 Å². The second-order valence-electron chi connectivity index (χ2n) is 1.26. The molecule has 0 aromatic rings. The Labute approximate surface area is 70.0 Å². The fourth-order valence-electron chi connectivity index (χ4n) is 0.175. The number of carboxylic acid groups (broad SMARTS) is 1. The van der Waals surface area contributed by atoms with Crippen LogP contribution >= 0.6 is 0 Å². The number of hydrogen-bond donors (Lipinski definition) is 2. The molecular weight excluding hydrogens is 119 g/mol. The maximum atomic E-state index is 9.68. The Morgan fingerprint density at radius 3 is 2.12 bits per heavy atom. The Morgan fingerprint density at radius 2 is 2.12 bits per heavy atom. The monoisotopic (exact) mass is 128 g/mol. The van der Waals surface area contributed by atoms with E-state index in [0.717, 1.165) is 0 Å². The molecule has 4 heteroatoms. The van der Waals surface area contributed by atoms with Crippen LogP contribution in [0.2, 0.25) is 0 Å². The number of aliphatic hydroxyl groups excluding tert-OH is 1. The molecule has 8 heavy (non-hydrogen) atoms. The summed E-state index contributed by atoms with van der Waals surface area (Å²) in [5, 5.41) is 16.3. The normalized spacial score (nSPS) is 11.8. The summed E-state index contributed by atoms with van der Waals surface area (Å²) in [6.45, 7) is 1.61. The van der Waals surface area contributed by atoms with E-state index in [1.54, 1.807) is 6.92 Å². The van der Waals surface area contributed by atoms with E-state index in [4.69, 9.17) is 10.2 Å². The van der Waals surface area contributed by atoms with Crippen LogP contribution < -0.4 is 0 Å². The van der Waals surface area contributed by atoms with E-state index in [1.165, 1.54) is 0 Å². The minimum absolute atomic E-state index is 0. The van der Waals surface area contributed by atoms with Crippen LogP contribution in [0, 0.1) is 0 Å². The quantitative estimate of drug-likeness (QED) is 0.478. The van der Waals surface area contributed by atoms with Crippen molar-refractivity contribution >= 4 is 35.5 Å². The van der Waals surface area contributed by atoms with Crippen molar-refractivity contribution in [3.8, 4) is 0 Å². The predicted octanol–water partition coefficient (Wildman–Crippen LogP) is -0.807. The molecule has 0 radical (unpaired) electrons. The molecule has 0 unspecified atom stereocenters. The summed E-state index contributed by atoms with van der Waals surface area (Å²) in [6.07, 6.45) is -0.907. The first-order valence-corrected chi connectivity index (χ1v) is 2.09. The number of carboxylic acids is 1. The van der Waals surface area contributed by atoms with Gasteiger partial charge in [-0.3, -0.25) is 0 Å². The van der Waals surface area contributed by atoms with Gasteiger partial charge in [0.1, 0.15) is 0 Å². The fourth-order valence-corrected chi connectivity index (χ4v) is 0.175. The van der Waals surface area contributed by atoms with Gasteiger partial charge in [0.05, 0.1) is 0 Å². The number of aliphatic carboxylic acids is 1. The van der Waals surface area contributed by atoms with Crippen molar-refractivity contribution in [2.24, 2.45) is 0 Å². The molecule has 0 bridgehead atoms. The summed E-state index contributed by atoms with van der Waals surface area (Å²) in [7, 11) is 0. The van der Waals surface area contributed by atoms with E-state index in [-0.39, 0.29) is 36.0 Å². The number of rotatable bonds is 2. The van der Waals surface area contributed by atoms with E-state index < -0.39 is 12.1 Å². The van der Waals surface area contributed by atoms with Crippen LogP contribution in [0.4, 0.5) is 0 Å². The Morgan fingerprint density at radius 1 is 1.75 bits per heavy atom. The van der Waals surface area contributed by atoms with Crippen molar-refractivity contribution in [2.75, 3.05) is 0 Å². The second-order valence-corrected chi connectivity index (χ2v) is 1.26. The van der Waals surface area contributed by atoms with Crippen molar-refractivity contribution in [2.45, 2.75) is 19.4 Å². The standard InChI is InChI=1S/C4H8O3.Na.H/c1-2-3(5)4(6)7;;/h3,5H,2H2,1H3,(H,6,7);;/t3-;;/m1../s1. The first-order valence-electron chi connectivity index (χ1n) is 2.09. The summed E-state index contributed by atoms with van der Waals surface area (Å²) in [4.78, 5) is 9.68. The van der Waals surface area contributed by atoms with E-state index in [2.05, 4.69) is 0 Å². The topological polar surface area (TPSA) is 57.5 Å². The second kappa shape index (κ2) is 5.56. The molecule has 0 spiro atoms. The SMILES string of the molecule is CC[C@@H](O)C(=O)O.[NaH]. The maximum absolute atomic E-state index is 9.68. The number of aliphatic hydroxyl groups is 1. The Kier molecular flexibility index (Phi) is 7.83. The Hall–Kier alpha value is 0.430. The number of carbonyl (C=O) groups is 1. The predicted molar refractivity (Wildman–Crippen MR) is 31.1 cm³/mol. The molecule has 0 rings (SSSR count). The molecule has 0 aliphatic rings. The van der Waals surface area contributed by atoms with Crippen molar-refractivity contribution in [1.29, 1.82) is 0 Å². The molecule has 0 aromatic carbocycles. The zero-order chi connectivity index (χ0) is 5.86. The van der Waals surface area contributed by atoms with E-state index in [9.17, 15) is 4.79 Å². The third kappa shape index (κ3) is 4.59. The molecule has 0 aliphatic carbocycles. The summed E-state index contributed by atoms with van der Waals surface area (Å²) in [5.74, 6) is -1.15. The third-order valence-electron chi connectivity index (χ3n) is 0.672. The van der Waals surface area contributed by atoms with Crippen LogP contribution in [0.15, 0.2) is 0 Å². The van der Waals surface area contributed by atoms with Gasteiger partial charge in [-0.25, -0.2) is 4.79 Å². The molecular formula is C4H9NaO3. The molecule has 0 aromatic heterocycles. The van der Waals surface area contributed by atoms with Gasteiger partial charge in [-0.1, -0.05) is 6.92 Å². The van der Waals surface area contributed by atoms with Gasteiger partial charge >= 0.3 is 35.5 Å². The van der Waals surface area contributed by atoms with Crippen LogP contribution in [0.3, 0.4) is 0 Å². The number of hydrogen-bond acceptors (Lipinski definition) is 2. The molecule has 0 heterocycles. The molecule has 2 N–H and O–H groups in total. The van der Waals surface area contributed by atoms with Crippen molar-refractivity contribution in [3.05, 3.63) is 0 Å². The molecule has 0 amide bonds. The van der Waals surface area contributed by atoms with Gasteiger partial charge in [-0.2, -0.15) is 0 Å². The van der Waals surface area contributed by atoms with Gasteiger partial charge < -0.3 is 10.2 Å². The van der Waals surface area contributed by atoms with Crippen LogP contribution in [0.25, 0.3) is 0 Å². The molecule has 0 aliphatic heterocycles. The van der Waals surface area contributed by atoms with Crippen molar-refractivity contribution in [1.82, 2.24) is 0 Å². The minimum atomic E-state index is -1.18. The van der Waals surface area contributed by atoms with Gasteiger partial charge in [-0.15, -0.1) is 0 Å². The van der Waals surface area contributed by atoms with Gasteiger partial charge in [0.2, 0.25) is 0 Å². The van der Waals surface area contributed by atoms with Gasteiger partial charge in [-0.05, 0) is 6.42 Å². The average Bonchev–Trinajstić information content (AvgIpc) is 1.65. The fraction of sp³-hybridized carbons (Fsp3) is 0.750. The van der Waals surface area contributed by atoms with E-state index in [1.807, 2.05) is 0 Å². The van der Waals surface area contributed by atoms with Crippen molar-refractivity contribution < 1.29 is 15.0 Å². The van der Waals surface area contributed by atoms with E-state index >= 15 is 0 Å². The molecule has 0 saturated carbocycles. The molecule has 3 nitrogen and oxygen atoms in total. The Bertz CT molecular complexity index is 73.7. The van der Waals surface area contributed by atoms with E-state index in [0.29, 0.717) is 0 Å². The van der Waals surface area contributed by atoms with Crippen molar-refractivity contribution in [3.63, 3.8) is 0 Å². The van der Waals surface area contributed by atoms with Crippen LogP contribution in [0.5, 0.6) is 0 Å². The summed E-state index contributed by atoms with van der Waals surface area (Å²) < 4.78 is 0. The zero-order valence-electron chi connectivity index (χ0n) is 4.09. The molecule has 0 fully saturated rings. The van der Waals surface area contributed by atoms with Crippen LogP contribution in [0.1, 0.15) is 13.3 Å². The summed E-state index contributed by atoms with van der Waals surface area (Å²) >= 11 is 0. The van der Waals surface area contributed by atoms with Crippen LogP contribution in [-0.4, -0.2) is 51.8 Å². The van der Waals surface area contributed by atoms with Gasteiger partial charge in [0.15, 0.2) is 6.10 Å². The first-order chi connectivity index (χ1) is 3.18.